The molecule has 0 fully saturated rings. The third-order valence-electron chi connectivity index (χ3n) is 2.49. The van der Waals surface area contributed by atoms with Crippen molar-refractivity contribution in [3.63, 3.8) is 0 Å². The largest absolute Gasteiger partial charge is 0.462 e. The van der Waals surface area contributed by atoms with E-state index in [4.69, 9.17) is 4.74 Å². The number of H-pyrrole nitrogens is 1. The normalized spacial score (nSPS) is 10.8. The zero-order valence-corrected chi connectivity index (χ0v) is 11.0. The van der Waals surface area contributed by atoms with Gasteiger partial charge in [-0.1, -0.05) is 0 Å². The van der Waals surface area contributed by atoms with E-state index < -0.39 is 5.97 Å². The molecule has 0 atom stereocenters. The average molecular weight is 299 g/mol. The molecule has 1 aromatic heterocycles. The number of carbonyl (C=O) groups excluding carboxylic acids is 1. The van der Waals surface area contributed by atoms with Crippen molar-refractivity contribution in [2.45, 2.75) is 6.92 Å². The number of hydrogen-bond acceptors (Lipinski definition) is 3. The number of fused-ring (bicyclic) bond motifs is 1. The number of nitrogens with zero attached hydrogens (tertiary/aromatic N) is 1. The van der Waals surface area contributed by atoms with Gasteiger partial charge in [0, 0.05) is 11.5 Å². The fourth-order valence-electron chi connectivity index (χ4n) is 1.61. The van der Waals surface area contributed by atoms with Crippen LogP contribution in [0.4, 0.5) is 0 Å². The molecule has 0 aliphatic heterocycles. The predicted octanol–water partition coefficient (Wildman–Crippen LogP) is 1.81. The quantitative estimate of drug-likeness (QED) is 0.860. The summed E-state index contributed by atoms with van der Waals surface area (Å²) in [5, 5.41) is 0. The molecule has 0 amide bonds. The lowest BCUT2D eigenvalue weighted by Crippen LogP contribution is -2.11. The Hall–Kier alpha value is -1.56. The zero-order chi connectivity index (χ0) is 12.6. The van der Waals surface area contributed by atoms with Crippen LogP contribution in [0.3, 0.4) is 0 Å². The van der Waals surface area contributed by atoms with Crippen molar-refractivity contribution in [3.05, 3.63) is 32.7 Å². The van der Waals surface area contributed by atoms with E-state index in [-0.39, 0.29) is 5.69 Å². The monoisotopic (exact) mass is 298 g/mol. The van der Waals surface area contributed by atoms with Gasteiger partial charge in [-0.2, -0.15) is 0 Å². The van der Waals surface area contributed by atoms with Crippen LogP contribution in [0.2, 0.25) is 0 Å². The molecule has 1 heterocycles. The molecule has 0 aliphatic carbocycles. The van der Waals surface area contributed by atoms with E-state index in [9.17, 15) is 9.59 Å². The summed E-state index contributed by atoms with van der Waals surface area (Å²) in [5.74, 6) is -0.411. The maximum Gasteiger partial charge on any atom is 0.339 e. The molecule has 1 aromatic carbocycles. The van der Waals surface area contributed by atoms with Crippen LogP contribution in [-0.2, 0) is 11.8 Å². The third kappa shape index (κ3) is 2.00. The Bertz CT molecular complexity index is 642. The minimum absolute atomic E-state index is 0.215. The van der Waals surface area contributed by atoms with Crippen LogP contribution in [-0.4, -0.2) is 22.1 Å². The highest BCUT2D eigenvalue weighted by Gasteiger charge is 2.14. The summed E-state index contributed by atoms with van der Waals surface area (Å²) in [7, 11) is 1.66. The highest BCUT2D eigenvalue weighted by atomic mass is 79.9. The van der Waals surface area contributed by atoms with Crippen LogP contribution in [0.5, 0.6) is 0 Å². The van der Waals surface area contributed by atoms with Crippen molar-refractivity contribution >= 4 is 32.9 Å². The topological polar surface area (TPSA) is 64.1 Å². The second-order valence-electron chi connectivity index (χ2n) is 3.56. The van der Waals surface area contributed by atoms with E-state index >= 15 is 0 Å². The molecule has 0 saturated carbocycles. The molecule has 2 rings (SSSR count). The van der Waals surface area contributed by atoms with Crippen molar-refractivity contribution in [2.75, 3.05) is 6.61 Å². The van der Waals surface area contributed by atoms with Crippen LogP contribution >= 0.6 is 15.9 Å². The van der Waals surface area contributed by atoms with Gasteiger partial charge in [0.2, 0.25) is 0 Å². The number of imidazole rings is 1. The maximum absolute atomic E-state index is 11.6. The maximum atomic E-state index is 11.6. The highest BCUT2D eigenvalue weighted by Crippen LogP contribution is 2.23. The number of esters is 1. The molecule has 0 bridgehead atoms. The van der Waals surface area contributed by atoms with Gasteiger partial charge in [-0.05, 0) is 35.0 Å². The van der Waals surface area contributed by atoms with E-state index in [1.54, 1.807) is 26.1 Å². The van der Waals surface area contributed by atoms with Gasteiger partial charge in [-0.3, -0.25) is 4.57 Å². The average Bonchev–Trinajstić information content (AvgIpc) is 2.55. The summed E-state index contributed by atoms with van der Waals surface area (Å²) in [5.41, 5.74) is 1.53. The molecule has 5 nitrogen and oxygen atoms in total. The van der Waals surface area contributed by atoms with E-state index in [0.29, 0.717) is 22.2 Å². The molecule has 90 valence electrons. The first kappa shape index (κ1) is 11.9. The smallest absolute Gasteiger partial charge is 0.339 e. The fourth-order valence-corrected chi connectivity index (χ4v) is 2.11. The molecule has 6 heteroatoms. The number of halogens is 1. The number of ether oxygens (including phenoxy) is 1. The van der Waals surface area contributed by atoms with E-state index in [0.717, 1.165) is 5.52 Å². The predicted molar refractivity (Wildman–Crippen MR) is 67.2 cm³/mol. The number of carbonyl (C=O) groups is 1. The number of nitrogens with one attached hydrogen (secondary N) is 1. The van der Waals surface area contributed by atoms with Gasteiger partial charge >= 0.3 is 11.7 Å². The number of aromatic nitrogens is 2. The summed E-state index contributed by atoms with van der Waals surface area (Å²) >= 11 is 3.30. The SMILES string of the molecule is CCOC(=O)c1cc2[nH]c(=O)n(C)c2cc1Br. The molecule has 0 unspecified atom stereocenters. The Balaban J connectivity index is 2.64. The third-order valence-corrected chi connectivity index (χ3v) is 3.14. The van der Waals surface area contributed by atoms with E-state index in [1.165, 1.54) is 4.57 Å². The van der Waals surface area contributed by atoms with Gasteiger partial charge in [0.1, 0.15) is 0 Å². The lowest BCUT2D eigenvalue weighted by molar-refractivity contribution is 0.0525. The summed E-state index contributed by atoms with van der Waals surface area (Å²) in [6, 6.07) is 3.33. The number of aryl methyl sites for hydroxylation is 1. The summed E-state index contributed by atoms with van der Waals surface area (Å²) in [4.78, 5) is 25.8. The molecule has 2 aromatic rings. The van der Waals surface area contributed by atoms with Crippen molar-refractivity contribution in [2.24, 2.45) is 7.05 Å². The Labute approximate surface area is 106 Å². The minimum atomic E-state index is -0.411. The van der Waals surface area contributed by atoms with Gasteiger partial charge in [-0.15, -0.1) is 0 Å². The van der Waals surface area contributed by atoms with E-state index in [2.05, 4.69) is 20.9 Å². The Morgan fingerprint density at radius 2 is 2.24 bits per heavy atom. The first-order chi connectivity index (χ1) is 8.04. The number of aromatic amines is 1. The molecular weight excluding hydrogens is 288 g/mol. The second kappa shape index (κ2) is 4.37. The Morgan fingerprint density at radius 3 is 2.88 bits per heavy atom. The van der Waals surface area contributed by atoms with Crippen LogP contribution in [0.25, 0.3) is 11.0 Å². The van der Waals surface area contributed by atoms with Gasteiger partial charge < -0.3 is 9.72 Å². The first-order valence-electron chi connectivity index (χ1n) is 5.10. The summed E-state index contributed by atoms with van der Waals surface area (Å²) < 4.78 is 7.02. The fraction of sp³-hybridized carbons (Fsp3) is 0.273. The van der Waals surface area contributed by atoms with Crippen LogP contribution < -0.4 is 5.69 Å². The molecule has 0 spiro atoms. The first-order valence-corrected chi connectivity index (χ1v) is 5.89. The zero-order valence-electron chi connectivity index (χ0n) is 9.41. The summed E-state index contributed by atoms with van der Waals surface area (Å²) in [6.45, 7) is 2.06. The number of benzene rings is 1. The lowest BCUT2D eigenvalue weighted by atomic mass is 10.2. The molecule has 0 saturated heterocycles. The van der Waals surface area contributed by atoms with Crippen molar-refractivity contribution in [3.8, 4) is 0 Å². The van der Waals surface area contributed by atoms with Crippen molar-refractivity contribution in [1.29, 1.82) is 0 Å². The number of hydrogen-bond donors (Lipinski definition) is 1. The molecule has 17 heavy (non-hydrogen) atoms. The molecule has 1 N–H and O–H groups in total. The molecule has 0 radical (unpaired) electrons. The van der Waals surface area contributed by atoms with Gasteiger partial charge in [0.25, 0.3) is 0 Å². The lowest BCUT2D eigenvalue weighted by Gasteiger charge is -2.04. The minimum Gasteiger partial charge on any atom is -0.462 e. The number of rotatable bonds is 2. The van der Waals surface area contributed by atoms with Crippen LogP contribution in [0, 0.1) is 0 Å². The molecule has 0 aliphatic rings. The summed E-state index contributed by atoms with van der Waals surface area (Å²) in [6.07, 6.45) is 0. The molecular formula is C11H11BrN2O3. The Morgan fingerprint density at radius 1 is 1.53 bits per heavy atom. The van der Waals surface area contributed by atoms with E-state index in [1.807, 2.05) is 0 Å². The highest BCUT2D eigenvalue weighted by molar-refractivity contribution is 9.10. The second-order valence-corrected chi connectivity index (χ2v) is 4.41. The van der Waals surface area contributed by atoms with Crippen LogP contribution in [0.1, 0.15) is 17.3 Å². The van der Waals surface area contributed by atoms with Gasteiger partial charge in [0.15, 0.2) is 0 Å². The van der Waals surface area contributed by atoms with Gasteiger partial charge in [-0.25, -0.2) is 9.59 Å². The van der Waals surface area contributed by atoms with Crippen molar-refractivity contribution in [1.82, 2.24) is 9.55 Å². The van der Waals surface area contributed by atoms with Gasteiger partial charge in [0.05, 0.1) is 23.2 Å². The van der Waals surface area contributed by atoms with Crippen molar-refractivity contribution < 1.29 is 9.53 Å². The van der Waals surface area contributed by atoms with Crippen LogP contribution in [0.15, 0.2) is 21.4 Å². The standard InChI is InChI=1S/C11H11BrN2O3/c1-3-17-10(15)6-4-8-9(5-7(6)12)14(2)11(16)13-8/h4-5H,3H2,1-2H3,(H,13,16). The Kier molecular flexibility index (Phi) is 3.06.